The number of hydrogen-bond donors (Lipinski definition) is 1. The van der Waals surface area contributed by atoms with Gasteiger partial charge in [0, 0.05) is 10.9 Å². The lowest BCUT2D eigenvalue weighted by molar-refractivity contribution is -0.123. The highest BCUT2D eigenvalue weighted by Crippen LogP contribution is 2.20. The average Bonchev–Trinajstić information content (AvgIpc) is 3.01. The molecule has 118 valence electrons. The van der Waals surface area contributed by atoms with Crippen LogP contribution in [0.1, 0.15) is 36.4 Å². The lowest BCUT2D eigenvalue weighted by Crippen LogP contribution is -2.37. The Labute approximate surface area is 134 Å². The van der Waals surface area contributed by atoms with E-state index in [1.54, 1.807) is 23.5 Å². The first-order valence-corrected chi connectivity index (χ1v) is 8.14. The SMILES string of the molecule is C[C@H](c1ccc(F)cc1)N(C)CC(=O)N[C@H](C)c1cccs1. The van der Waals surface area contributed by atoms with Crippen molar-refractivity contribution in [3.05, 3.63) is 58.0 Å². The number of benzene rings is 1. The molecule has 0 aliphatic rings. The molecule has 0 fully saturated rings. The molecule has 0 aliphatic carbocycles. The largest absolute Gasteiger partial charge is 0.348 e. The van der Waals surface area contributed by atoms with Crippen molar-refractivity contribution in [2.45, 2.75) is 25.9 Å². The van der Waals surface area contributed by atoms with Crippen LogP contribution in [0, 0.1) is 5.82 Å². The van der Waals surface area contributed by atoms with E-state index in [0.717, 1.165) is 10.4 Å². The Morgan fingerprint density at radius 3 is 2.55 bits per heavy atom. The van der Waals surface area contributed by atoms with Gasteiger partial charge in [0.05, 0.1) is 12.6 Å². The molecule has 0 bridgehead atoms. The van der Waals surface area contributed by atoms with Gasteiger partial charge >= 0.3 is 0 Å². The highest BCUT2D eigenvalue weighted by molar-refractivity contribution is 7.10. The van der Waals surface area contributed by atoms with Gasteiger partial charge in [0.1, 0.15) is 5.82 Å². The van der Waals surface area contributed by atoms with Crippen LogP contribution in [0.3, 0.4) is 0 Å². The van der Waals surface area contributed by atoms with Crippen molar-refractivity contribution < 1.29 is 9.18 Å². The minimum atomic E-state index is -0.249. The smallest absolute Gasteiger partial charge is 0.234 e. The Bertz CT molecular complexity index is 598. The number of likely N-dealkylation sites (N-methyl/N-ethyl adjacent to an activating group) is 1. The molecule has 0 aliphatic heterocycles. The monoisotopic (exact) mass is 320 g/mol. The molecular formula is C17H21FN2OS. The molecule has 2 rings (SSSR count). The molecule has 0 unspecified atom stereocenters. The summed E-state index contributed by atoms with van der Waals surface area (Å²) in [5, 5.41) is 5.00. The summed E-state index contributed by atoms with van der Waals surface area (Å²) in [6.45, 7) is 4.28. The van der Waals surface area contributed by atoms with Crippen LogP contribution in [-0.2, 0) is 4.79 Å². The third-order valence-corrected chi connectivity index (χ3v) is 4.81. The summed E-state index contributed by atoms with van der Waals surface area (Å²) >= 11 is 1.63. The molecule has 0 radical (unpaired) electrons. The van der Waals surface area contributed by atoms with Crippen LogP contribution in [0.2, 0.25) is 0 Å². The van der Waals surface area contributed by atoms with Gasteiger partial charge in [0.2, 0.25) is 5.91 Å². The summed E-state index contributed by atoms with van der Waals surface area (Å²) in [5.74, 6) is -0.265. The third-order valence-electron chi connectivity index (χ3n) is 3.75. The second-order valence-electron chi connectivity index (χ2n) is 5.45. The van der Waals surface area contributed by atoms with Gasteiger partial charge in [-0.1, -0.05) is 18.2 Å². The summed E-state index contributed by atoms with van der Waals surface area (Å²) < 4.78 is 13.0. The zero-order chi connectivity index (χ0) is 16.1. The number of nitrogens with zero attached hydrogens (tertiary/aromatic N) is 1. The van der Waals surface area contributed by atoms with Gasteiger partial charge in [-0.05, 0) is 50.0 Å². The Morgan fingerprint density at radius 2 is 1.95 bits per heavy atom. The quantitative estimate of drug-likeness (QED) is 0.879. The number of thiophene rings is 1. The number of nitrogens with one attached hydrogen (secondary N) is 1. The van der Waals surface area contributed by atoms with Gasteiger partial charge in [-0.15, -0.1) is 11.3 Å². The van der Waals surface area contributed by atoms with Crippen molar-refractivity contribution >= 4 is 17.2 Å². The van der Waals surface area contributed by atoms with Crippen LogP contribution in [0.15, 0.2) is 41.8 Å². The summed E-state index contributed by atoms with van der Waals surface area (Å²) in [6, 6.07) is 10.4. The van der Waals surface area contributed by atoms with Crippen LogP contribution in [0.5, 0.6) is 0 Å². The molecule has 1 N–H and O–H groups in total. The van der Waals surface area contributed by atoms with Crippen molar-refractivity contribution in [2.24, 2.45) is 0 Å². The zero-order valence-electron chi connectivity index (χ0n) is 13.0. The van der Waals surface area contributed by atoms with Gasteiger partial charge in [0.15, 0.2) is 0 Å². The van der Waals surface area contributed by atoms with E-state index in [2.05, 4.69) is 5.32 Å². The first-order chi connectivity index (χ1) is 10.5. The summed E-state index contributed by atoms with van der Waals surface area (Å²) in [7, 11) is 1.89. The molecule has 1 amide bonds. The Hall–Kier alpha value is -1.72. The van der Waals surface area contributed by atoms with Crippen molar-refractivity contribution in [3.63, 3.8) is 0 Å². The number of hydrogen-bond acceptors (Lipinski definition) is 3. The van der Waals surface area contributed by atoms with E-state index in [1.807, 2.05) is 43.3 Å². The van der Waals surface area contributed by atoms with Gasteiger partial charge in [-0.25, -0.2) is 4.39 Å². The topological polar surface area (TPSA) is 32.3 Å². The van der Waals surface area contributed by atoms with E-state index in [1.165, 1.54) is 12.1 Å². The van der Waals surface area contributed by atoms with Crippen LogP contribution < -0.4 is 5.32 Å². The first-order valence-electron chi connectivity index (χ1n) is 7.26. The fourth-order valence-corrected chi connectivity index (χ4v) is 2.99. The third kappa shape index (κ3) is 4.39. The van der Waals surface area contributed by atoms with Crippen molar-refractivity contribution in [2.75, 3.05) is 13.6 Å². The Balaban J connectivity index is 1.89. The van der Waals surface area contributed by atoms with Crippen LogP contribution in [0.4, 0.5) is 4.39 Å². The molecule has 2 atom stereocenters. The molecule has 0 saturated heterocycles. The summed E-state index contributed by atoms with van der Waals surface area (Å²) in [6.07, 6.45) is 0. The lowest BCUT2D eigenvalue weighted by Gasteiger charge is -2.25. The maximum Gasteiger partial charge on any atom is 0.234 e. The highest BCUT2D eigenvalue weighted by atomic mass is 32.1. The van der Waals surface area contributed by atoms with E-state index in [9.17, 15) is 9.18 Å². The minimum Gasteiger partial charge on any atom is -0.348 e. The van der Waals surface area contributed by atoms with Gasteiger partial charge in [-0.2, -0.15) is 0 Å². The average molecular weight is 320 g/mol. The molecule has 3 nitrogen and oxygen atoms in total. The fourth-order valence-electron chi connectivity index (χ4n) is 2.26. The van der Waals surface area contributed by atoms with E-state index in [4.69, 9.17) is 0 Å². The molecule has 1 heterocycles. The number of carbonyl (C=O) groups excluding carboxylic acids is 1. The molecule has 0 spiro atoms. The van der Waals surface area contributed by atoms with Gasteiger partial charge in [-0.3, -0.25) is 9.69 Å². The van der Waals surface area contributed by atoms with Crippen molar-refractivity contribution in [3.8, 4) is 0 Å². The van der Waals surface area contributed by atoms with Crippen LogP contribution in [-0.4, -0.2) is 24.4 Å². The summed E-state index contributed by atoms with van der Waals surface area (Å²) in [5.41, 5.74) is 0.989. The van der Waals surface area contributed by atoms with E-state index >= 15 is 0 Å². The Morgan fingerprint density at radius 1 is 1.27 bits per heavy atom. The zero-order valence-corrected chi connectivity index (χ0v) is 13.9. The van der Waals surface area contributed by atoms with E-state index in [-0.39, 0.29) is 23.8 Å². The van der Waals surface area contributed by atoms with Crippen molar-refractivity contribution in [1.29, 1.82) is 0 Å². The molecule has 1 aromatic carbocycles. The Kier molecular flexibility index (Phi) is 5.69. The molecule has 22 heavy (non-hydrogen) atoms. The number of amides is 1. The molecular weight excluding hydrogens is 299 g/mol. The highest BCUT2D eigenvalue weighted by Gasteiger charge is 2.17. The molecule has 1 aromatic heterocycles. The standard InChI is InChI=1S/C17H21FN2OS/c1-12(16-5-4-10-22-16)19-17(21)11-20(3)13(2)14-6-8-15(18)9-7-14/h4-10,12-13H,11H2,1-3H3,(H,19,21)/t12-,13-/m1/s1. The molecule has 0 saturated carbocycles. The maximum atomic E-state index is 13.0. The van der Waals surface area contributed by atoms with E-state index < -0.39 is 0 Å². The summed E-state index contributed by atoms with van der Waals surface area (Å²) in [4.78, 5) is 15.2. The van der Waals surface area contributed by atoms with Gasteiger partial charge in [0.25, 0.3) is 0 Å². The predicted molar refractivity (Wildman–Crippen MR) is 88.3 cm³/mol. The van der Waals surface area contributed by atoms with Crippen LogP contribution in [0.25, 0.3) is 0 Å². The minimum absolute atomic E-state index is 0.0158. The van der Waals surface area contributed by atoms with Crippen molar-refractivity contribution in [1.82, 2.24) is 10.2 Å². The normalized spacial score (nSPS) is 13.9. The van der Waals surface area contributed by atoms with E-state index in [0.29, 0.717) is 6.54 Å². The fraction of sp³-hybridized carbons (Fsp3) is 0.353. The number of carbonyl (C=O) groups is 1. The lowest BCUT2D eigenvalue weighted by atomic mass is 10.1. The molecule has 2 aromatic rings. The predicted octanol–water partition coefficient (Wildman–Crippen LogP) is 3.76. The molecule has 5 heteroatoms. The number of rotatable bonds is 6. The van der Waals surface area contributed by atoms with Gasteiger partial charge < -0.3 is 5.32 Å². The second kappa shape index (κ2) is 7.51. The second-order valence-corrected chi connectivity index (χ2v) is 6.43. The first kappa shape index (κ1) is 16.6. The maximum absolute atomic E-state index is 13.0. The number of halogens is 1. The van der Waals surface area contributed by atoms with Crippen LogP contribution >= 0.6 is 11.3 Å².